The number of nitrogens with zero attached hydrogens (tertiary/aromatic N) is 3. The number of aromatic nitrogens is 3. The molecule has 0 amide bonds. The largest absolute Gasteiger partial charge is 0.508 e. The Morgan fingerprint density at radius 2 is 1.69 bits per heavy atom. The van der Waals surface area contributed by atoms with Gasteiger partial charge in [-0.3, -0.25) is 9.59 Å². The number of ether oxygens (including phenoxy) is 3. The van der Waals surface area contributed by atoms with Crippen LogP contribution >= 0.6 is 0 Å². The maximum Gasteiger partial charge on any atom is 0.163 e. The quantitative estimate of drug-likeness (QED) is 0.141. The molecular formula is C28H31N3O8. The van der Waals surface area contributed by atoms with E-state index in [1.807, 2.05) is 0 Å². The molecule has 0 radical (unpaired) electrons. The van der Waals surface area contributed by atoms with Crippen molar-refractivity contribution in [1.82, 2.24) is 15.0 Å². The van der Waals surface area contributed by atoms with Crippen LogP contribution in [-0.2, 0) is 34.1 Å². The molecule has 1 heterocycles. The predicted molar refractivity (Wildman–Crippen MR) is 142 cm³/mol. The van der Waals surface area contributed by atoms with Gasteiger partial charge in [0.25, 0.3) is 0 Å². The molecule has 0 aliphatic rings. The Balaban J connectivity index is 1.51. The fraction of sp³-hybridized carbons (Fsp3) is 0.286. The van der Waals surface area contributed by atoms with E-state index in [2.05, 4.69) is 10.3 Å². The van der Waals surface area contributed by atoms with Crippen molar-refractivity contribution < 1.29 is 39.1 Å². The fourth-order valence-corrected chi connectivity index (χ4v) is 3.40. The number of hydrogen-bond acceptors (Lipinski definition) is 10. The molecule has 0 spiro atoms. The van der Waals surface area contributed by atoms with Gasteiger partial charge in [0.1, 0.15) is 18.1 Å². The zero-order valence-electron chi connectivity index (χ0n) is 21.5. The lowest BCUT2D eigenvalue weighted by Gasteiger charge is -2.10. The number of benzene rings is 2. The third-order valence-electron chi connectivity index (χ3n) is 5.40. The number of aromatic hydroxyl groups is 1. The fourth-order valence-electron chi connectivity index (χ4n) is 3.40. The maximum absolute atomic E-state index is 12.3. The Morgan fingerprint density at radius 3 is 2.38 bits per heavy atom. The Morgan fingerprint density at radius 1 is 0.974 bits per heavy atom. The van der Waals surface area contributed by atoms with Crippen LogP contribution in [0.4, 0.5) is 0 Å². The molecule has 39 heavy (non-hydrogen) atoms. The minimum absolute atomic E-state index is 0.0282. The van der Waals surface area contributed by atoms with Crippen molar-refractivity contribution in [3.63, 3.8) is 0 Å². The molecule has 1 aromatic heterocycles. The molecule has 2 aromatic carbocycles. The van der Waals surface area contributed by atoms with Crippen LogP contribution in [0.2, 0.25) is 0 Å². The summed E-state index contributed by atoms with van der Waals surface area (Å²) < 4.78 is 18.1. The SMILES string of the molecule is COc1cc(/C=C/C(=O)CC(=O)/C=C/c2ccc(O)c(CO)c2)ccc1OCc1cn(CCOCCO)nn1. The second kappa shape index (κ2) is 15.2. The number of carbonyl (C=O) groups is 2. The van der Waals surface area contributed by atoms with Crippen molar-refractivity contribution in [2.45, 2.75) is 26.2 Å². The van der Waals surface area contributed by atoms with Crippen LogP contribution in [0.25, 0.3) is 12.2 Å². The highest BCUT2D eigenvalue weighted by Crippen LogP contribution is 2.29. The van der Waals surface area contributed by atoms with Gasteiger partial charge in [-0.15, -0.1) is 5.10 Å². The van der Waals surface area contributed by atoms with Gasteiger partial charge in [-0.25, -0.2) is 4.68 Å². The van der Waals surface area contributed by atoms with Gasteiger partial charge >= 0.3 is 0 Å². The standard InChI is InChI=1S/C28H31N3O8/c1-37-28-15-21(5-9-27(28)39-19-23-17-31(30-29-23)10-12-38-13-11-32)3-7-25(35)16-24(34)6-2-20-4-8-26(36)22(14-20)18-33/h2-9,14-15,17,32-33,36H,10-13,16,18-19H2,1H3/b6-2+,7-3+. The lowest BCUT2D eigenvalue weighted by Crippen LogP contribution is -2.08. The lowest BCUT2D eigenvalue weighted by atomic mass is 10.1. The number of ketones is 2. The van der Waals surface area contributed by atoms with Gasteiger partial charge in [-0.2, -0.15) is 0 Å². The van der Waals surface area contributed by atoms with Crippen molar-refractivity contribution in [2.24, 2.45) is 0 Å². The predicted octanol–water partition coefficient (Wildman–Crippen LogP) is 2.33. The van der Waals surface area contributed by atoms with Gasteiger partial charge in [0.15, 0.2) is 23.1 Å². The summed E-state index contributed by atoms with van der Waals surface area (Å²) in [6.45, 7) is 0.998. The molecule has 0 saturated heterocycles. The Kier molecular flexibility index (Phi) is 11.4. The van der Waals surface area contributed by atoms with Crippen molar-refractivity contribution in [2.75, 3.05) is 26.9 Å². The van der Waals surface area contributed by atoms with E-state index in [4.69, 9.17) is 19.3 Å². The Bertz CT molecular complexity index is 1320. The third kappa shape index (κ3) is 9.49. The number of allylic oxidation sites excluding steroid dienone is 2. The molecule has 3 aromatic rings. The van der Waals surface area contributed by atoms with Crippen molar-refractivity contribution in [1.29, 1.82) is 0 Å². The highest BCUT2D eigenvalue weighted by Gasteiger charge is 2.09. The van der Waals surface area contributed by atoms with Crippen LogP contribution in [0.3, 0.4) is 0 Å². The van der Waals surface area contributed by atoms with E-state index >= 15 is 0 Å². The molecule has 3 N–H and O–H groups in total. The van der Waals surface area contributed by atoms with Crippen LogP contribution in [0.15, 0.2) is 54.7 Å². The molecule has 0 atom stereocenters. The number of aliphatic hydroxyl groups is 2. The summed E-state index contributed by atoms with van der Waals surface area (Å²) in [5.74, 6) is 0.180. The van der Waals surface area contributed by atoms with E-state index in [0.717, 1.165) is 0 Å². The molecule has 11 heteroatoms. The summed E-state index contributed by atoms with van der Waals surface area (Å²) in [6.07, 6.45) is 7.17. The van der Waals surface area contributed by atoms with E-state index in [0.29, 0.717) is 47.0 Å². The van der Waals surface area contributed by atoms with Crippen molar-refractivity contribution in [3.05, 3.63) is 77.1 Å². The molecule has 3 rings (SSSR count). The van der Waals surface area contributed by atoms with Crippen LogP contribution in [0.1, 0.15) is 28.8 Å². The normalized spacial score (nSPS) is 11.4. The summed E-state index contributed by atoms with van der Waals surface area (Å²) >= 11 is 0. The lowest BCUT2D eigenvalue weighted by molar-refractivity contribution is -0.121. The molecule has 0 saturated carbocycles. The Labute approximate surface area is 225 Å². The summed E-state index contributed by atoms with van der Waals surface area (Å²) in [4.78, 5) is 24.4. The first kappa shape index (κ1) is 29.2. The third-order valence-corrected chi connectivity index (χ3v) is 5.40. The summed E-state index contributed by atoms with van der Waals surface area (Å²) in [5.41, 5.74) is 2.27. The number of aliphatic hydroxyl groups excluding tert-OH is 2. The number of methoxy groups -OCH3 is 1. The second-order valence-electron chi connectivity index (χ2n) is 8.33. The van der Waals surface area contributed by atoms with Crippen LogP contribution in [-0.4, -0.2) is 68.8 Å². The van der Waals surface area contributed by atoms with E-state index < -0.39 is 0 Å². The molecule has 11 nitrogen and oxygen atoms in total. The van der Waals surface area contributed by atoms with Gasteiger partial charge in [-0.1, -0.05) is 29.5 Å². The minimum atomic E-state index is -0.376. The highest BCUT2D eigenvalue weighted by molar-refractivity contribution is 6.10. The number of rotatable bonds is 16. The maximum atomic E-state index is 12.3. The average molecular weight is 538 g/mol. The smallest absolute Gasteiger partial charge is 0.163 e. The molecule has 0 aliphatic carbocycles. The molecule has 0 aliphatic heterocycles. The zero-order valence-corrected chi connectivity index (χ0v) is 21.5. The van der Waals surface area contributed by atoms with Crippen molar-refractivity contribution in [3.8, 4) is 17.2 Å². The number of phenols is 1. The molecule has 206 valence electrons. The van der Waals surface area contributed by atoms with Gasteiger partial charge in [0.05, 0.1) is 52.7 Å². The number of hydrogen-bond donors (Lipinski definition) is 3. The summed E-state index contributed by atoms with van der Waals surface area (Å²) in [6, 6.07) is 9.76. The summed E-state index contributed by atoms with van der Waals surface area (Å²) in [7, 11) is 1.51. The van der Waals surface area contributed by atoms with Gasteiger partial charge in [0, 0.05) is 5.56 Å². The van der Waals surface area contributed by atoms with Gasteiger partial charge in [-0.05, 0) is 47.5 Å². The second-order valence-corrected chi connectivity index (χ2v) is 8.33. The van der Waals surface area contributed by atoms with Gasteiger partial charge in [0.2, 0.25) is 0 Å². The molecule has 0 fully saturated rings. The number of carbonyl (C=O) groups excluding carboxylic acids is 2. The van der Waals surface area contributed by atoms with E-state index in [-0.39, 0.29) is 50.2 Å². The monoisotopic (exact) mass is 537 g/mol. The van der Waals surface area contributed by atoms with Gasteiger partial charge < -0.3 is 29.5 Å². The first-order chi connectivity index (χ1) is 18.9. The first-order valence-electron chi connectivity index (χ1n) is 12.1. The van der Waals surface area contributed by atoms with Crippen LogP contribution in [0.5, 0.6) is 17.2 Å². The van der Waals surface area contributed by atoms with E-state index in [1.54, 1.807) is 47.3 Å². The van der Waals surface area contributed by atoms with E-state index in [9.17, 15) is 19.8 Å². The van der Waals surface area contributed by atoms with Crippen LogP contribution in [0, 0.1) is 0 Å². The van der Waals surface area contributed by atoms with Crippen molar-refractivity contribution >= 4 is 23.7 Å². The Hall–Kier alpha value is -4.32. The topological polar surface area (TPSA) is 153 Å². The average Bonchev–Trinajstić information content (AvgIpc) is 3.40. The molecule has 0 bridgehead atoms. The summed E-state index contributed by atoms with van der Waals surface area (Å²) in [5, 5.41) is 35.6. The van der Waals surface area contributed by atoms with E-state index in [1.165, 1.54) is 31.4 Å². The highest BCUT2D eigenvalue weighted by atomic mass is 16.5. The molecular weight excluding hydrogens is 506 g/mol. The first-order valence-corrected chi connectivity index (χ1v) is 12.1. The minimum Gasteiger partial charge on any atom is -0.508 e. The van der Waals surface area contributed by atoms with Crippen LogP contribution < -0.4 is 9.47 Å². The zero-order chi connectivity index (χ0) is 28.0. The molecule has 0 unspecified atom stereocenters.